The molecule has 0 atom stereocenters. The first kappa shape index (κ1) is 12.4. The zero-order valence-corrected chi connectivity index (χ0v) is 9.96. The Bertz CT molecular complexity index is 410. The molecule has 0 radical (unpaired) electrons. The quantitative estimate of drug-likeness (QED) is 0.842. The molecule has 0 spiro atoms. The Morgan fingerprint density at radius 3 is 2.44 bits per heavy atom. The molecule has 1 aromatic rings. The van der Waals surface area contributed by atoms with Crippen molar-refractivity contribution in [3.05, 3.63) is 34.9 Å². The number of ketones is 1. The van der Waals surface area contributed by atoms with Crippen molar-refractivity contribution in [3.63, 3.8) is 0 Å². The predicted molar refractivity (Wildman–Crippen MR) is 63.5 cm³/mol. The van der Waals surface area contributed by atoms with Crippen LogP contribution in [0.15, 0.2) is 18.2 Å². The molecule has 0 heterocycles. The smallest absolute Gasteiger partial charge is 0.251 e. The number of hydrogen-bond acceptors (Lipinski definition) is 2. The van der Waals surface area contributed by atoms with Crippen molar-refractivity contribution in [1.29, 1.82) is 0 Å². The molecule has 1 amide bonds. The summed E-state index contributed by atoms with van der Waals surface area (Å²) in [4.78, 5) is 22.4. The molecule has 0 aliphatic carbocycles. The van der Waals surface area contributed by atoms with E-state index >= 15 is 0 Å². The summed E-state index contributed by atoms with van der Waals surface area (Å²) in [5.74, 6) is -0.0373. The van der Waals surface area contributed by atoms with Crippen molar-refractivity contribution in [3.8, 4) is 0 Å². The summed E-state index contributed by atoms with van der Waals surface area (Å²) in [6.45, 7) is 5.90. The maximum Gasteiger partial charge on any atom is 0.251 e. The van der Waals surface area contributed by atoms with Gasteiger partial charge in [0.05, 0.1) is 0 Å². The van der Waals surface area contributed by atoms with Gasteiger partial charge in [0.1, 0.15) is 5.78 Å². The monoisotopic (exact) mass is 219 g/mol. The molecule has 3 nitrogen and oxygen atoms in total. The summed E-state index contributed by atoms with van der Waals surface area (Å²) < 4.78 is 0. The van der Waals surface area contributed by atoms with Crippen LogP contribution in [0.3, 0.4) is 0 Å². The fourth-order valence-corrected chi connectivity index (χ4v) is 1.34. The van der Waals surface area contributed by atoms with Crippen molar-refractivity contribution in [2.24, 2.45) is 0 Å². The van der Waals surface area contributed by atoms with E-state index in [1.54, 1.807) is 6.07 Å². The number of hydrogen-bond donors (Lipinski definition) is 1. The number of carbonyl (C=O) groups excluding carboxylic acids is 2. The second kappa shape index (κ2) is 5.45. The highest BCUT2D eigenvalue weighted by molar-refractivity contribution is 5.94. The van der Waals surface area contributed by atoms with Crippen LogP contribution in [0.4, 0.5) is 0 Å². The van der Waals surface area contributed by atoms with Gasteiger partial charge in [-0.15, -0.1) is 0 Å². The van der Waals surface area contributed by atoms with Crippen LogP contribution in [0.1, 0.15) is 34.8 Å². The van der Waals surface area contributed by atoms with E-state index in [2.05, 4.69) is 5.32 Å². The fourth-order valence-electron chi connectivity index (χ4n) is 1.34. The van der Waals surface area contributed by atoms with E-state index < -0.39 is 0 Å². The van der Waals surface area contributed by atoms with Crippen LogP contribution >= 0.6 is 0 Å². The average molecular weight is 219 g/mol. The molecule has 0 saturated heterocycles. The van der Waals surface area contributed by atoms with Gasteiger partial charge < -0.3 is 5.32 Å². The standard InChI is InChI=1S/C13H17NO2/c1-9-4-5-12(8-10(9)2)13(16)14-7-6-11(3)15/h4-5,8H,6-7H2,1-3H3,(H,14,16). The van der Waals surface area contributed by atoms with Crippen molar-refractivity contribution in [1.82, 2.24) is 5.32 Å². The Hall–Kier alpha value is -1.64. The van der Waals surface area contributed by atoms with Gasteiger partial charge in [0.25, 0.3) is 5.91 Å². The van der Waals surface area contributed by atoms with Crippen molar-refractivity contribution < 1.29 is 9.59 Å². The minimum absolute atomic E-state index is 0.0837. The number of carbonyl (C=O) groups is 2. The third kappa shape index (κ3) is 3.50. The van der Waals surface area contributed by atoms with Crippen molar-refractivity contribution in [2.45, 2.75) is 27.2 Å². The van der Waals surface area contributed by atoms with Crippen LogP contribution in [-0.2, 0) is 4.79 Å². The topological polar surface area (TPSA) is 46.2 Å². The number of Topliss-reactive ketones (excluding diaryl/α,β-unsaturated/α-hetero) is 1. The molecule has 1 rings (SSSR count). The number of benzene rings is 1. The molecule has 0 unspecified atom stereocenters. The summed E-state index contributed by atoms with van der Waals surface area (Å²) >= 11 is 0. The summed E-state index contributed by atoms with van der Waals surface area (Å²) in [5, 5.41) is 2.72. The predicted octanol–water partition coefficient (Wildman–Crippen LogP) is 2.01. The first-order chi connectivity index (χ1) is 7.50. The lowest BCUT2D eigenvalue weighted by Crippen LogP contribution is -2.25. The molecule has 1 aromatic carbocycles. The van der Waals surface area contributed by atoms with Crippen LogP contribution in [-0.4, -0.2) is 18.2 Å². The van der Waals surface area contributed by atoms with Crippen LogP contribution in [0.25, 0.3) is 0 Å². The Morgan fingerprint density at radius 1 is 1.19 bits per heavy atom. The second-order valence-electron chi connectivity index (χ2n) is 4.01. The zero-order valence-electron chi connectivity index (χ0n) is 9.96. The number of rotatable bonds is 4. The molecule has 0 aromatic heterocycles. The van der Waals surface area contributed by atoms with Crippen LogP contribution in [0, 0.1) is 13.8 Å². The maximum absolute atomic E-state index is 11.7. The van der Waals surface area contributed by atoms with Gasteiger partial charge >= 0.3 is 0 Å². The number of aryl methyl sites for hydroxylation is 2. The van der Waals surface area contributed by atoms with E-state index in [0.29, 0.717) is 18.5 Å². The molecule has 0 aliphatic heterocycles. The lowest BCUT2D eigenvalue weighted by Gasteiger charge is -2.06. The first-order valence-corrected chi connectivity index (χ1v) is 5.35. The molecule has 3 heteroatoms. The van der Waals surface area contributed by atoms with Gasteiger partial charge in [-0.1, -0.05) is 6.07 Å². The van der Waals surface area contributed by atoms with E-state index in [4.69, 9.17) is 0 Å². The van der Waals surface area contributed by atoms with E-state index in [9.17, 15) is 9.59 Å². The van der Waals surface area contributed by atoms with E-state index in [1.807, 2.05) is 26.0 Å². The maximum atomic E-state index is 11.7. The van der Waals surface area contributed by atoms with Gasteiger partial charge in [0, 0.05) is 18.5 Å². The lowest BCUT2D eigenvalue weighted by atomic mass is 10.1. The Morgan fingerprint density at radius 2 is 1.88 bits per heavy atom. The number of nitrogens with one attached hydrogen (secondary N) is 1. The summed E-state index contributed by atoms with van der Waals surface area (Å²) in [6, 6.07) is 5.58. The normalized spacial score (nSPS) is 9.94. The third-order valence-corrected chi connectivity index (χ3v) is 2.53. The largest absolute Gasteiger partial charge is 0.352 e. The molecule has 0 saturated carbocycles. The Kier molecular flexibility index (Phi) is 4.23. The van der Waals surface area contributed by atoms with E-state index in [1.165, 1.54) is 12.5 Å². The SMILES string of the molecule is CC(=O)CCNC(=O)c1ccc(C)c(C)c1. The molecule has 0 bridgehead atoms. The van der Waals surface area contributed by atoms with Gasteiger partial charge in [-0.2, -0.15) is 0 Å². The molecule has 1 N–H and O–H groups in total. The molecule has 16 heavy (non-hydrogen) atoms. The van der Waals surface area contributed by atoms with Gasteiger partial charge in [0.15, 0.2) is 0 Å². The molecule has 0 aliphatic rings. The Balaban J connectivity index is 2.59. The summed E-state index contributed by atoms with van der Waals surface area (Å²) in [7, 11) is 0. The van der Waals surface area contributed by atoms with Gasteiger partial charge in [-0.25, -0.2) is 0 Å². The minimum atomic E-state index is -0.121. The van der Waals surface area contributed by atoms with Crippen LogP contribution in [0.2, 0.25) is 0 Å². The van der Waals surface area contributed by atoms with Crippen molar-refractivity contribution >= 4 is 11.7 Å². The van der Waals surface area contributed by atoms with Crippen molar-refractivity contribution in [2.75, 3.05) is 6.54 Å². The average Bonchev–Trinajstić information content (AvgIpc) is 2.21. The first-order valence-electron chi connectivity index (χ1n) is 5.35. The lowest BCUT2D eigenvalue weighted by molar-refractivity contribution is -0.116. The number of amides is 1. The zero-order chi connectivity index (χ0) is 12.1. The molecule has 0 fully saturated rings. The highest BCUT2D eigenvalue weighted by Gasteiger charge is 2.06. The molecular formula is C13H17NO2. The van der Waals surface area contributed by atoms with Gasteiger partial charge in [-0.3, -0.25) is 9.59 Å². The van der Waals surface area contributed by atoms with Gasteiger partial charge in [0.2, 0.25) is 0 Å². The second-order valence-corrected chi connectivity index (χ2v) is 4.01. The van der Waals surface area contributed by atoms with E-state index in [-0.39, 0.29) is 11.7 Å². The summed E-state index contributed by atoms with van der Waals surface area (Å²) in [6.07, 6.45) is 0.385. The van der Waals surface area contributed by atoms with Gasteiger partial charge in [-0.05, 0) is 44.0 Å². The summed E-state index contributed by atoms with van der Waals surface area (Å²) in [5.41, 5.74) is 2.91. The van der Waals surface area contributed by atoms with Crippen LogP contribution in [0.5, 0.6) is 0 Å². The molecular weight excluding hydrogens is 202 g/mol. The fraction of sp³-hybridized carbons (Fsp3) is 0.385. The highest BCUT2D eigenvalue weighted by atomic mass is 16.1. The highest BCUT2D eigenvalue weighted by Crippen LogP contribution is 2.09. The Labute approximate surface area is 95.9 Å². The van der Waals surface area contributed by atoms with Crippen LogP contribution < -0.4 is 5.32 Å². The third-order valence-electron chi connectivity index (χ3n) is 2.53. The molecule has 86 valence electrons. The van der Waals surface area contributed by atoms with E-state index in [0.717, 1.165) is 5.56 Å². The minimum Gasteiger partial charge on any atom is -0.352 e.